The summed E-state index contributed by atoms with van der Waals surface area (Å²) in [5.74, 6) is 2.71. The third-order valence-corrected chi connectivity index (χ3v) is 3.46. The van der Waals surface area contributed by atoms with Gasteiger partial charge < -0.3 is 10.2 Å². The smallest absolute Gasteiger partial charge is 0.118 e. The fourth-order valence-corrected chi connectivity index (χ4v) is 2.45. The summed E-state index contributed by atoms with van der Waals surface area (Å²) in [5.41, 5.74) is 5.98. The van der Waals surface area contributed by atoms with Crippen molar-refractivity contribution < 1.29 is 4.42 Å². The van der Waals surface area contributed by atoms with Gasteiger partial charge in [-0.25, -0.2) is 0 Å². The molecule has 3 heteroatoms. The first kappa shape index (κ1) is 11.7. The van der Waals surface area contributed by atoms with Gasteiger partial charge in [-0.1, -0.05) is 0 Å². The van der Waals surface area contributed by atoms with Crippen LogP contribution in [-0.2, 0) is 6.54 Å². The van der Waals surface area contributed by atoms with Crippen molar-refractivity contribution in [2.75, 3.05) is 13.1 Å². The van der Waals surface area contributed by atoms with Crippen LogP contribution in [0.4, 0.5) is 0 Å². The molecule has 1 fully saturated rings. The SMILES string of the molecule is Cc1ccc(CN2CCCC(C(C)N)C2)o1. The van der Waals surface area contributed by atoms with Gasteiger partial charge in [-0.05, 0) is 51.3 Å². The largest absolute Gasteiger partial charge is 0.465 e. The molecule has 1 aliphatic heterocycles. The number of rotatable bonds is 3. The highest BCUT2D eigenvalue weighted by molar-refractivity contribution is 5.05. The highest BCUT2D eigenvalue weighted by atomic mass is 16.3. The van der Waals surface area contributed by atoms with Gasteiger partial charge in [0.2, 0.25) is 0 Å². The number of nitrogens with zero attached hydrogens (tertiary/aromatic N) is 1. The lowest BCUT2D eigenvalue weighted by Crippen LogP contribution is -2.41. The zero-order valence-electron chi connectivity index (χ0n) is 10.3. The summed E-state index contributed by atoms with van der Waals surface area (Å²) < 4.78 is 5.61. The Balaban J connectivity index is 1.90. The molecule has 2 unspecified atom stereocenters. The number of aryl methyl sites for hydroxylation is 1. The van der Waals surface area contributed by atoms with E-state index in [2.05, 4.69) is 17.9 Å². The summed E-state index contributed by atoms with van der Waals surface area (Å²) in [7, 11) is 0. The molecule has 0 radical (unpaired) electrons. The lowest BCUT2D eigenvalue weighted by atomic mass is 9.92. The summed E-state index contributed by atoms with van der Waals surface area (Å²) in [6, 6.07) is 4.41. The van der Waals surface area contributed by atoms with Crippen molar-refractivity contribution >= 4 is 0 Å². The lowest BCUT2D eigenvalue weighted by Gasteiger charge is -2.34. The molecule has 16 heavy (non-hydrogen) atoms. The molecule has 2 heterocycles. The maximum Gasteiger partial charge on any atom is 0.118 e. The second-order valence-electron chi connectivity index (χ2n) is 5.01. The van der Waals surface area contributed by atoms with Crippen LogP contribution in [0.3, 0.4) is 0 Å². The number of furan rings is 1. The quantitative estimate of drug-likeness (QED) is 0.852. The van der Waals surface area contributed by atoms with E-state index in [9.17, 15) is 0 Å². The average Bonchev–Trinajstić information content (AvgIpc) is 2.64. The molecule has 1 aliphatic rings. The monoisotopic (exact) mass is 222 g/mol. The van der Waals surface area contributed by atoms with Crippen LogP contribution in [0.5, 0.6) is 0 Å². The molecule has 1 saturated heterocycles. The minimum absolute atomic E-state index is 0.307. The Morgan fingerprint density at radius 2 is 2.38 bits per heavy atom. The van der Waals surface area contributed by atoms with Crippen LogP contribution in [0.1, 0.15) is 31.3 Å². The van der Waals surface area contributed by atoms with E-state index in [-0.39, 0.29) is 0 Å². The van der Waals surface area contributed by atoms with Crippen LogP contribution >= 0.6 is 0 Å². The molecule has 0 bridgehead atoms. The molecule has 2 rings (SSSR count). The average molecular weight is 222 g/mol. The van der Waals surface area contributed by atoms with Crippen LogP contribution in [0.15, 0.2) is 16.5 Å². The maximum absolute atomic E-state index is 5.98. The Morgan fingerprint density at radius 3 is 3.00 bits per heavy atom. The molecule has 2 atom stereocenters. The second-order valence-corrected chi connectivity index (χ2v) is 5.01. The molecular formula is C13H22N2O. The highest BCUT2D eigenvalue weighted by Gasteiger charge is 2.23. The molecule has 0 saturated carbocycles. The molecular weight excluding hydrogens is 200 g/mol. The summed E-state index contributed by atoms with van der Waals surface area (Å²) in [6.07, 6.45) is 2.53. The molecule has 0 aliphatic carbocycles. The predicted octanol–water partition coefficient (Wildman–Crippen LogP) is 2.15. The van der Waals surface area contributed by atoms with Gasteiger partial charge in [0, 0.05) is 12.6 Å². The van der Waals surface area contributed by atoms with Crippen molar-refractivity contribution in [1.82, 2.24) is 4.90 Å². The molecule has 0 spiro atoms. The van der Waals surface area contributed by atoms with Crippen molar-refractivity contribution in [3.8, 4) is 0 Å². The van der Waals surface area contributed by atoms with Gasteiger partial charge in [-0.3, -0.25) is 4.90 Å². The number of hydrogen-bond donors (Lipinski definition) is 1. The van der Waals surface area contributed by atoms with E-state index in [0.717, 1.165) is 24.6 Å². The van der Waals surface area contributed by atoms with Crippen molar-refractivity contribution in [1.29, 1.82) is 0 Å². The molecule has 2 N–H and O–H groups in total. The van der Waals surface area contributed by atoms with Crippen LogP contribution in [0.25, 0.3) is 0 Å². The van der Waals surface area contributed by atoms with Crippen LogP contribution in [0, 0.1) is 12.8 Å². The lowest BCUT2D eigenvalue weighted by molar-refractivity contribution is 0.145. The molecule has 0 amide bonds. The van der Waals surface area contributed by atoms with Gasteiger partial charge in [0.05, 0.1) is 6.54 Å². The Bertz CT molecular complexity index is 332. The normalized spacial score (nSPS) is 24.6. The van der Waals surface area contributed by atoms with Gasteiger partial charge in [-0.2, -0.15) is 0 Å². The van der Waals surface area contributed by atoms with Crippen LogP contribution < -0.4 is 5.73 Å². The molecule has 1 aromatic heterocycles. The van der Waals surface area contributed by atoms with E-state index in [1.807, 2.05) is 13.0 Å². The van der Waals surface area contributed by atoms with Crippen LogP contribution in [-0.4, -0.2) is 24.0 Å². The zero-order chi connectivity index (χ0) is 11.5. The second kappa shape index (κ2) is 5.02. The number of nitrogens with two attached hydrogens (primary N) is 1. The summed E-state index contributed by atoms with van der Waals surface area (Å²) >= 11 is 0. The summed E-state index contributed by atoms with van der Waals surface area (Å²) in [6.45, 7) is 7.31. The first-order chi connectivity index (χ1) is 7.65. The predicted molar refractivity (Wildman–Crippen MR) is 65.1 cm³/mol. The van der Waals surface area contributed by atoms with E-state index in [1.54, 1.807) is 0 Å². The zero-order valence-corrected chi connectivity index (χ0v) is 10.3. The highest BCUT2D eigenvalue weighted by Crippen LogP contribution is 2.21. The van der Waals surface area contributed by atoms with Crippen molar-refractivity contribution in [3.05, 3.63) is 23.7 Å². The Kier molecular flexibility index (Phi) is 3.66. The third-order valence-electron chi connectivity index (χ3n) is 3.46. The van der Waals surface area contributed by atoms with E-state index in [0.29, 0.717) is 12.0 Å². The minimum atomic E-state index is 0.307. The van der Waals surface area contributed by atoms with Crippen LogP contribution in [0.2, 0.25) is 0 Å². The Labute approximate surface area is 97.6 Å². The topological polar surface area (TPSA) is 42.4 Å². The van der Waals surface area contributed by atoms with Crippen molar-refractivity contribution in [2.24, 2.45) is 11.7 Å². The van der Waals surface area contributed by atoms with E-state index >= 15 is 0 Å². The molecule has 90 valence electrons. The van der Waals surface area contributed by atoms with Gasteiger partial charge in [0.1, 0.15) is 11.5 Å². The fraction of sp³-hybridized carbons (Fsp3) is 0.692. The molecule has 1 aromatic rings. The van der Waals surface area contributed by atoms with Gasteiger partial charge in [0.25, 0.3) is 0 Å². The van der Waals surface area contributed by atoms with Gasteiger partial charge in [0.15, 0.2) is 0 Å². The van der Waals surface area contributed by atoms with Gasteiger partial charge in [-0.15, -0.1) is 0 Å². The summed E-state index contributed by atoms with van der Waals surface area (Å²) in [4.78, 5) is 2.45. The van der Waals surface area contributed by atoms with E-state index in [1.165, 1.54) is 19.4 Å². The molecule has 3 nitrogen and oxygen atoms in total. The first-order valence-corrected chi connectivity index (χ1v) is 6.18. The summed E-state index contributed by atoms with van der Waals surface area (Å²) in [5, 5.41) is 0. The number of likely N-dealkylation sites (tertiary alicyclic amines) is 1. The van der Waals surface area contributed by atoms with E-state index < -0.39 is 0 Å². The maximum atomic E-state index is 5.98. The standard InChI is InChI=1S/C13H22N2O/c1-10-5-6-13(16-10)9-15-7-3-4-12(8-15)11(2)14/h5-6,11-12H,3-4,7-9,14H2,1-2H3. The fourth-order valence-electron chi connectivity index (χ4n) is 2.45. The number of hydrogen-bond acceptors (Lipinski definition) is 3. The minimum Gasteiger partial charge on any atom is -0.465 e. The number of piperidine rings is 1. The Hall–Kier alpha value is -0.800. The van der Waals surface area contributed by atoms with Crippen molar-refractivity contribution in [3.63, 3.8) is 0 Å². The van der Waals surface area contributed by atoms with Crippen molar-refractivity contribution in [2.45, 2.75) is 39.3 Å². The Morgan fingerprint density at radius 1 is 1.56 bits per heavy atom. The molecule has 0 aromatic carbocycles. The first-order valence-electron chi connectivity index (χ1n) is 6.18. The third kappa shape index (κ3) is 2.86. The van der Waals surface area contributed by atoms with Gasteiger partial charge >= 0.3 is 0 Å². The van der Waals surface area contributed by atoms with E-state index in [4.69, 9.17) is 10.2 Å².